The minimum absolute atomic E-state index is 0.138. The maximum absolute atomic E-state index is 12.2. The van der Waals surface area contributed by atoms with Crippen LogP contribution in [0, 0.1) is 0 Å². The van der Waals surface area contributed by atoms with E-state index < -0.39 is 5.97 Å². The molecule has 8 heteroatoms. The van der Waals surface area contributed by atoms with E-state index in [1.165, 1.54) is 16.1 Å². The van der Waals surface area contributed by atoms with Gasteiger partial charge >= 0.3 is 12.0 Å². The number of carbonyl (C=O) groups is 2. The lowest BCUT2D eigenvalue weighted by atomic mass is 10.2. The Hall–Kier alpha value is -2.12. The van der Waals surface area contributed by atoms with Gasteiger partial charge in [-0.15, -0.1) is 0 Å². The van der Waals surface area contributed by atoms with Crippen molar-refractivity contribution in [3.8, 4) is 0 Å². The van der Waals surface area contributed by atoms with E-state index in [1.54, 1.807) is 7.05 Å². The molecule has 0 bridgehead atoms. The molecule has 0 aliphatic rings. The molecular formula is C11H19N5O3. The van der Waals surface area contributed by atoms with E-state index >= 15 is 0 Å². The fourth-order valence-corrected chi connectivity index (χ4v) is 1.60. The molecule has 0 saturated heterocycles. The Kier molecular flexibility index (Phi) is 5.28. The molecule has 0 fully saturated rings. The van der Waals surface area contributed by atoms with Gasteiger partial charge in [-0.05, 0) is 13.3 Å². The van der Waals surface area contributed by atoms with Crippen molar-refractivity contribution >= 4 is 12.0 Å². The number of amides is 2. The van der Waals surface area contributed by atoms with Gasteiger partial charge in [0.05, 0.1) is 6.54 Å². The van der Waals surface area contributed by atoms with Crippen molar-refractivity contribution in [2.75, 3.05) is 13.6 Å². The fourth-order valence-electron chi connectivity index (χ4n) is 1.60. The smallest absolute Gasteiger partial charge is 0.323 e. The van der Waals surface area contributed by atoms with E-state index in [1.807, 2.05) is 13.8 Å². The Bertz CT molecular complexity index is 420. The topological polar surface area (TPSA) is 102 Å². The fraction of sp³-hybridized carbons (Fsp3) is 0.636. The molecule has 1 aromatic heterocycles. The van der Waals surface area contributed by atoms with Crippen LogP contribution in [0.15, 0.2) is 6.33 Å². The van der Waals surface area contributed by atoms with E-state index in [4.69, 9.17) is 5.11 Å². The lowest BCUT2D eigenvalue weighted by Crippen LogP contribution is -2.47. The second-order valence-electron chi connectivity index (χ2n) is 4.35. The average molecular weight is 269 g/mol. The van der Waals surface area contributed by atoms with Gasteiger partial charge in [0.25, 0.3) is 0 Å². The summed E-state index contributed by atoms with van der Waals surface area (Å²) in [5, 5.41) is 15.2. The summed E-state index contributed by atoms with van der Waals surface area (Å²) in [6, 6.07) is -0.478. The molecule has 0 aliphatic heterocycles. The van der Waals surface area contributed by atoms with Crippen LogP contribution in [-0.2, 0) is 11.3 Å². The third-order valence-corrected chi connectivity index (χ3v) is 2.85. The third kappa shape index (κ3) is 4.23. The summed E-state index contributed by atoms with van der Waals surface area (Å²) < 4.78 is 0. The summed E-state index contributed by atoms with van der Waals surface area (Å²) in [4.78, 5) is 29.7. The van der Waals surface area contributed by atoms with Crippen LogP contribution < -0.4 is 0 Å². The number of carbonyl (C=O) groups excluding carboxylic acids is 1. The first kappa shape index (κ1) is 14.9. The minimum Gasteiger partial charge on any atom is -0.480 e. The van der Waals surface area contributed by atoms with Gasteiger partial charge in [-0.1, -0.05) is 6.92 Å². The van der Waals surface area contributed by atoms with Crippen molar-refractivity contribution < 1.29 is 14.7 Å². The Morgan fingerprint density at radius 2 is 2.21 bits per heavy atom. The molecule has 1 atom stereocenters. The maximum Gasteiger partial charge on any atom is 0.323 e. The van der Waals surface area contributed by atoms with Gasteiger partial charge < -0.3 is 14.9 Å². The quantitative estimate of drug-likeness (QED) is 0.784. The van der Waals surface area contributed by atoms with E-state index in [0.717, 1.165) is 0 Å². The highest BCUT2D eigenvalue weighted by Crippen LogP contribution is 2.08. The summed E-state index contributed by atoms with van der Waals surface area (Å²) in [6.45, 7) is 3.67. The number of hydrogen-bond donors (Lipinski definition) is 2. The molecule has 1 unspecified atom stereocenters. The molecule has 0 radical (unpaired) electrons. The van der Waals surface area contributed by atoms with Gasteiger partial charge in [-0.3, -0.25) is 9.89 Å². The second kappa shape index (κ2) is 6.72. The molecule has 106 valence electrons. The van der Waals surface area contributed by atoms with Crippen molar-refractivity contribution in [2.45, 2.75) is 32.9 Å². The highest BCUT2D eigenvalue weighted by molar-refractivity contribution is 5.80. The van der Waals surface area contributed by atoms with Crippen LogP contribution in [0.4, 0.5) is 4.79 Å². The lowest BCUT2D eigenvalue weighted by molar-refractivity contribution is -0.138. The van der Waals surface area contributed by atoms with Gasteiger partial charge in [0.2, 0.25) is 0 Å². The molecular weight excluding hydrogens is 250 g/mol. The molecule has 1 heterocycles. The standard InChI is InChI=1S/C11H19N5O3/c1-4-8(2)16(6-10(17)18)11(19)15(3)5-9-12-7-13-14-9/h7-8H,4-6H2,1-3H3,(H,17,18)(H,12,13,14). The van der Waals surface area contributed by atoms with Crippen molar-refractivity contribution in [3.05, 3.63) is 12.2 Å². The minimum atomic E-state index is -1.03. The third-order valence-electron chi connectivity index (χ3n) is 2.85. The average Bonchev–Trinajstić information content (AvgIpc) is 2.86. The molecule has 1 rings (SSSR count). The van der Waals surface area contributed by atoms with Crippen LogP contribution in [0.2, 0.25) is 0 Å². The van der Waals surface area contributed by atoms with Gasteiger partial charge in [-0.2, -0.15) is 5.10 Å². The molecule has 0 saturated carbocycles. The number of H-pyrrole nitrogens is 1. The van der Waals surface area contributed by atoms with E-state index in [9.17, 15) is 9.59 Å². The predicted octanol–water partition coefficient (Wildman–Crippen LogP) is 0.542. The van der Waals surface area contributed by atoms with Crippen LogP contribution in [0.25, 0.3) is 0 Å². The van der Waals surface area contributed by atoms with Crippen LogP contribution in [0.1, 0.15) is 26.1 Å². The second-order valence-corrected chi connectivity index (χ2v) is 4.35. The zero-order chi connectivity index (χ0) is 14.4. The Balaban J connectivity index is 2.71. The largest absolute Gasteiger partial charge is 0.480 e. The van der Waals surface area contributed by atoms with Gasteiger partial charge in [-0.25, -0.2) is 9.78 Å². The number of aromatic amines is 1. The Labute approximate surface area is 111 Å². The summed E-state index contributed by atoms with van der Waals surface area (Å²) in [5.74, 6) is -0.475. The summed E-state index contributed by atoms with van der Waals surface area (Å²) in [7, 11) is 1.60. The highest BCUT2D eigenvalue weighted by Gasteiger charge is 2.24. The first-order valence-electron chi connectivity index (χ1n) is 6.03. The molecule has 19 heavy (non-hydrogen) atoms. The molecule has 2 N–H and O–H groups in total. The summed E-state index contributed by atoms with van der Waals surface area (Å²) >= 11 is 0. The number of nitrogens with zero attached hydrogens (tertiary/aromatic N) is 4. The SMILES string of the molecule is CCC(C)N(CC(=O)O)C(=O)N(C)Cc1ncn[nH]1. The highest BCUT2D eigenvalue weighted by atomic mass is 16.4. The van der Waals surface area contributed by atoms with Crippen LogP contribution in [-0.4, -0.2) is 61.7 Å². The van der Waals surface area contributed by atoms with Crippen LogP contribution in [0.3, 0.4) is 0 Å². The molecule has 2 amide bonds. The van der Waals surface area contributed by atoms with Crippen molar-refractivity contribution in [1.29, 1.82) is 0 Å². The van der Waals surface area contributed by atoms with Gasteiger partial charge in [0.1, 0.15) is 18.7 Å². The summed E-state index contributed by atoms with van der Waals surface area (Å²) in [5.41, 5.74) is 0. The first-order valence-corrected chi connectivity index (χ1v) is 6.03. The number of rotatable bonds is 6. The van der Waals surface area contributed by atoms with Crippen molar-refractivity contribution in [1.82, 2.24) is 25.0 Å². The van der Waals surface area contributed by atoms with Gasteiger partial charge in [0.15, 0.2) is 0 Å². The number of aliphatic carboxylic acids is 1. The maximum atomic E-state index is 12.2. The van der Waals surface area contributed by atoms with E-state index in [0.29, 0.717) is 12.2 Å². The Morgan fingerprint density at radius 1 is 1.53 bits per heavy atom. The number of hydrogen-bond acceptors (Lipinski definition) is 4. The number of nitrogens with one attached hydrogen (secondary N) is 1. The first-order chi connectivity index (χ1) is 8.95. The van der Waals surface area contributed by atoms with Crippen LogP contribution in [0.5, 0.6) is 0 Å². The van der Waals surface area contributed by atoms with Crippen molar-refractivity contribution in [2.24, 2.45) is 0 Å². The predicted molar refractivity (Wildman–Crippen MR) is 67.3 cm³/mol. The number of urea groups is 1. The van der Waals surface area contributed by atoms with Crippen molar-refractivity contribution in [3.63, 3.8) is 0 Å². The number of aromatic nitrogens is 3. The zero-order valence-corrected chi connectivity index (χ0v) is 11.3. The molecule has 1 aromatic rings. The van der Waals surface area contributed by atoms with E-state index in [-0.39, 0.29) is 25.2 Å². The normalized spacial score (nSPS) is 11.9. The molecule has 0 spiro atoms. The van der Waals surface area contributed by atoms with Crippen LogP contribution >= 0.6 is 0 Å². The molecule has 8 nitrogen and oxygen atoms in total. The lowest BCUT2D eigenvalue weighted by Gasteiger charge is -2.30. The molecule has 0 aromatic carbocycles. The number of carboxylic acid groups (broad SMARTS) is 1. The molecule has 0 aliphatic carbocycles. The summed E-state index contributed by atoms with van der Waals surface area (Å²) in [6.07, 6.45) is 2.05. The number of carboxylic acids is 1. The monoisotopic (exact) mass is 269 g/mol. The Morgan fingerprint density at radius 3 is 2.68 bits per heavy atom. The van der Waals surface area contributed by atoms with Gasteiger partial charge in [0, 0.05) is 13.1 Å². The zero-order valence-electron chi connectivity index (χ0n) is 11.3. The van der Waals surface area contributed by atoms with E-state index in [2.05, 4.69) is 15.2 Å².